The van der Waals surface area contributed by atoms with Gasteiger partial charge in [0, 0.05) is 31.2 Å². The summed E-state index contributed by atoms with van der Waals surface area (Å²) >= 11 is 0. The quantitative estimate of drug-likeness (QED) is 0.795. The summed E-state index contributed by atoms with van der Waals surface area (Å²) in [5.41, 5.74) is 0.0391. The summed E-state index contributed by atoms with van der Waals surface area (Å²) in [5.74, 6) is 0. The smallest absolute Gasteiger partial charge is 0.0757 e. The summed E-state index contributed by atoms with van der Waals surface area (Å²) in [6, 6.07) is 0.553. The molecule has 0 radical (unpaired) electrons. The maximum atomic E-state index is 6.38. The van der Waals surface area contributed by atoms with Gasteiger partial charge in [-0.1, -0.05) is 6.92 Å². The molecular formula is C17H34N2O2. The van der Waals surface area contributed by atoms with Gasteiger partial charge in [-0.3, -0.25) is 9.80 Å². The van der Waals surface area contributed by atoms with Gasteiger partial charge in [0.1, 0.15) is 0 Å². The third kappa shape index (κ3) is 4.19. The second-order valence-corrected chi connectivity index (χ2v) is 7.87. The number of likely N-dealkylation sites (N-methyl/N-ethyl adjacent to an activating group) is 1. The van der Waals surface area contributed by atoms with E-state index >= 15 is 0 Å². The molecule has 0 aromatic carbocycles. The number of morpholine rings is 2. The van der Waals surface area contributed by atoms with Crippen LogP contribution in [0.15, 0.2) is 0 Å². The van der Waals surface area contributed by atoms with Gasteiger partial charge in [0.15, 0.2) is 0 Å². The molecule has 0 saturated carbocycles. The van der Waals surface area contributed by atoms with Crippen molar-refractivity contribution >= 4 is 0 Å². The average molecular weight is 298 g/mol. The SMILES string of the molecule is CCN1CC(CC2(C)COCCN2C(C)C)OC(C)(C)C1. The lowest BCUT2D eigenvalue weighted by Crippen LogP contribution is -2.61. The van der Waals surface area contributed by atoms with Crippen LogP contribution < -0.4 is 0 Å². The van der Waals surface area contributed by atoms with Crippen molar-refractivity contribution in [2.24, 2.45) is 0 Å². The summed E-state index contributed by atoms with van der Waals surface area (Å²) in [4.78, 5) is 5.11. The molecule has 2 aliphatic heterocycles. The third-order valence-corrected chi connectivity index (χ3v) is 4.87. The van der Waals surface area contributed by atoms with Gasteiger partial charge in [-0.25, -0.2) is 0 Å². The van der Waals surface area contributed by atoms with E-state index in [2.05, 4.69) is 51.3 Å². The Bertz CT molecular complexity index is 346. The van der Waals surface area contributed by atoms with Crippen molar-refractivity contribution in [3.8, 4) is 0 Å². The Balaban J connectivity index is 2.07. The van der Waals surface area contributed by atoms with Crippen LogP contribution in [0, 0.1) is 0 Å². The molecule has 4 nitrogen and oxygen atoms in total. The van der Waals surface area contributed by atoms with Gasteiger partial charge < -0.3 is 9.47 Å². The zero-order chi connectivity index (χ0) is 15.7. The van der Waals surface area contributed by atoms with Crippen LogP contribution in [-0.2, 0) is 9.47 Å². The minimum Gasteiger partial charge on any atom is -0.378 e. The number of hydrogen-bond acceptors (Lipinski definition) is 4. The fourth-order valence-corrected chi connectivity index (χ4v) is 4.12. The van der Waals surface area contributed by atoms with Crippen molar-refractivity contribution in [2.45, 2.75) is 71.2 Å². The Labute approximate surface area is 130 Å². The third-order valence-electron chi connectivity index (χ3n) is 4.87. The molecule has 124 valence electrons. The lowest BCUT2D eigenvalue weighted by molar-refractivity contribution is -0.164. The lowest BCUT2D eigenvalue weighted by atomic mass is 9.89. The van der Waals surface area contributed by atoms with E-state index in [1.807, 2.05) is 0 Å². The highest BCUT2D eigenvalue weighted by molar-refractivity contribution is 4.95. The first kappa shape index (κ1) is 17.2. The Morgan fingerprint density at radius 3 is 2.57 bits per heavy atom. The number of rotatable bonds is 4. The number of hydrogen-bond donors (Lipinski definition) is 0. The van der Waals surface area contributed by atoms with E-state index in [-0.39, 0.29) is 11.1 Å². The highest BCUT2D eigenvalue weighted by atomic mass is 16.5. The van der Waals surface area contributed by atoms with Gasteiger partial charge >= 0.3 is 0 Å². The predicted molar refractivity (Wildman–Crippen MR) is 86.7 cm³/mol. The van der Waals surface area contributed by atoms with Gasteiger partial charge in [-0.15, -0.1) is 0 Å². The molecular weight excluding hydrogens is 264 g/mol. The minimum atomic E-state index is -0.0481. The molecule has 2 aliphatic rings. The second kappa shape index (κ2) is 6.53. The highest BCUT2D eigenvalue weighted by Gasteiger charge is 2.42. The Kier molecular flexibility index (Phi) is 5.35. The van der Waals surface area contributed by atoms with Crippen LogP contribution in [0.1, 0.15) is 48.0 Å². The van der Waals surface area contributed by atoms with Gasteiger partial charge in [0.25, 0.3) is 0 Å². The summed E-state index contributed by atoms with van der Waals surface area (Å²) < 4.78 is 12.2. The highest BCUT2D eigenvalue weighted by Crippen LogP contribution is 2.32. The number of nitrogens with zero attached hydrogens (tertiary/aromatic N) is 2. The van der Waals surface area contributed by atoms with Crippen LogP contribution in [0.5, 0.6) is 0 Å². The molecule has 0 aliphatic carbocycles. The van der Waals surface area contributed by atoms with E-state index in [1.54, 1.807) is 0 Å². The van der Waals surface area contributed by atoms with E-state index in [9.17, 15) is 0 Å². The molecule has 2 fully saturated rings. The monoisotopic (exact) mass is 298 g/mol. The molecule has 0 aromatic heterocycles. The largest absolute Gasteiger partial charge is 0.378 e. The van der Waals surface area contributed by atoms with Crippen molar-refractivity contribution in [3.05, 3.63) is 0 Å². The van der Waals surface area contributed by atoms with Crippen molar-refractivity contribution in [1.29, 1.82) is 0 Å². The topological polar surface area (TPSA) is 24.9 Å². The van der Waals surface area contributed by atoms with Crippen molar-refractivity contribution in [3.63, 3.8) is 0 Å². The Hall–Kier alpha value is -0.160. The van der Waals surface area contributed by atoms with E-state index in [4.69, 9.17) is 9.47 Å². The summed E-state index contributed by atoms with van der Waals surface area (Å²) in [6.45, 7) is 19.4. The average Bonchev–Trinajstić information content (AvgIpc) is 2.36. The molecule has 21 heavy (non-hydrogen) atoms. The van der Waals surface area contributed by atoms with E-state index in [0.717, 1.165) is 45.8 Å². The molecule has 0 spiro atoms. The van der Waals surface area contributed by atoms with Gasteiger partial charge in [-0.2, -0.15) is 0 Å². The van der Waals surface area contributed by atoms with E-state index in [1.165, 1.54) is 0 Å². The molecule has 0 amide bonds. The Morgan fingerprint density at radius 2 is 1.95 bits per heavy atom. The maximum Gasteiger partial charge on any atom is 0.0757 e. The van der Waals surface area contributed by atoms with Gasteiger partial charge in [0.05, 0.1) is 24.9 Å². The summed E-state index contributed by atoms with van der Waals surface area (Å²) in [7, 11) is 0. The molecule has 2 heterocycles. The molecule has 4 heteroatoms. The maximum absolute atomic E-state index is 6.38. The second-order valence-electron chi connectivity index (χ2n) is 7.87. The van der Waals surface area contributed by atoms with Gasteiger partial charge in [-0.05, 0) is 47.6 Å². The normalized spacial score (nSPS) is 35.3. The van der Waals surface area contributed by atoms with Crippen LogP contribution in [0.4, 0.5) is 0 Å². The Morgan fingerprint density at radius 1 is 1.24 bits per heavy atom. The van der Waals surface area contributed by atoms with Crippen LogP contribution in [0.25, 0.3) is 0 Å². The van der Waals surface area contributed by atoms with Gasteiger partial charge in [0.2, 0.25) is 0 Å². The van der Waals surface area contributed by atoms with Crippen molar-refractivity contribution in [2.75, 3.05) is 39.4 Å². The molecule has 2 atom stereocenters. The van der Waals surface area contributed by atoms with Crippen LogP contribution >= 0.6 is 0 Å². The predicted octanol–water partition coefficient (Wildman–Crippen LogP) is 2.38. The van der Waals surface area contributed by atoms with Crippen molar-refractivity contribution in [1.82, 2.24) is 9.80 Å². The van der Waals surface area contributed by atoms with Crippen molar-refractivity contribution < 1.29 is 9.47 Å². The number of ether oxygens (including phenoxy) is 2. The fourth-order valence-electron chi connectivity index (χ4n) is 4.12. The summed E-state index contributed by atoms with van der Waals surface area (Å²) in [6.07, 6.45) is 1.34. The zero-order valence-electron chi connectivity index (χ0n) is 14.8. The molecule has 0 aromatic rings. The first-order chi connectivity index (χ1) is 9.76. The molecule has 0 bridgehead atoms. The summed E-state index contributed by atoms with van der Waals surface area (Å²) in [5, 5.41) is 0. The molecule has 2 saturated heterocycles. The molecule has 2 rings (SSSR count). The first-order valence-electron chi connectivity index (χ1n) is 8.50. The minimum absolute atomic E-state index is 0.0481. The van der Waals surface area contributed by atoms with E-state index in [0.29, 0.717) is 12.1 Å². The van der Waals surface area contributed by atoms with Crippen LogP contribution in [0.3, 0.4) is 0 Å². The molecule has 2 unspecified atom stereocenters. The zero-order valence-corrected chi connectivity index (χ0v) is 14.8. The standard InChI is InChI=1S/C17H34N2O2/c1-7-18-11-15(21-16(4,5)12-18)10-17(6)13-20-9-8-19(17)14(2)3/h14-15H,7-13H2,1-6H3. The van der Waals surface area contributed by atoms with Crippen LogP contribution in [-0.4, -0.2) is 72.5 Å². The van der Waals surface area contributed by atoms with E-state index < -0.39 is 0 Å². The molecule has 0 N–H and O–H groups in total. The lowest BCUT2D eigenvalue weighted by Gasteiger charge is -2.51. The van der Waals surface area contributed by atoms with Crippen LogP contribution in [0.2, 0.25) is 0 Å². The first-order valence-corrected chi connectivity index (χ1v) is 8.50. The fraction of sp³-hybridized carbons (Fsp3) is 1.00.